The molecule has 3 aliphatic rings. The van der Waals surface area contributed by atoms with E-state index in [0.29, 0.717) is 5.92 Å². The fourth-order valence-corrected chi connectivity index (χ4v) is 3.48. The Morgan fingerprint density at radius 1 is 1.38 bits per heavy atom. The van der Waals surface area contributed by atoms with Crippen molar-refractivity contribution in [3.05, 3.63) is 35.8 Å². The van der Waals surface area contributed by atoms with Crippen LogP contribution in [-0.2, 0) is 4.74 Å². The largest absolute Gasteiger partial charge is 0.393 e. The molecule has 2 unspecified atom stereocenters. The van der Waals surface area contributed by atoms with E-state index in [1.165, 1.54) is 5.69 Å². The topological polar surface area (TPSA) is 59.1 Å². The highest BCUT2D eigenvalue weighted by molar-refractivity contribution is 6.08. The Kier molecular flexibility index (Phi) is 3.24. The predicted molar refractivity (Wildman–Crippen MR) is 80.7 cm³/mol. The molecule has 21 heavy (non-hydrogen) atoms. The van der Waals surface area contributed by atoms with E-state index < -0.39 is 0 Å². The molecule has 2 atom stereocenters. The molecule has 4 rings (SSSR count). The molecule has 0 aromatic carbocycles. The van der Waals surface area contributed by atoms with Crippen molar-refractivity contribution < 1.29 is 9.84 Å². The van der Waals surface area contributed by atoms with Gasteiger partial charge in [-0.05, 0) is 43.4 Å². The smallest absolute Gasteiger partial charge is 0.164 e. The second kappa shape index (κ2) is 5.24. The van der Waals surface area contributed by atoms with Crippen LogP contribution < -0.4 is 0 Å². The minimum atomic E-state index is -0.289. The van der Waals surface area contributed by atoms with Crippen molar-refractivity contribution in [3.8, 4) is 0 Å². The van der Waals surface area contributed by atoms with E-state index in [-0.39, 0.29) is 12.0 Å². The first-order chi connectivity index (χ1) is 10.3. The maximum absolute atomic E-state index is 10.6. The third-order valence-electron chi connectivity index (χ3n) is 4.66. The van der Waals surface area contributed by atoms with Gasteiger partial charge < -0.3 is 14.4 Å². The molecule has 4 heterocycles. The molecule has 0 amide bonds. The van der Waals surface area contributed by atoms with E-state index in [4.69, 9.17) is 4.74 Å². The van der Waals surface area contributed by atoms with Crippen LogP contribution in [0.4, 0.5) is 0 Å². The number of aliphatic hydroxyl groups is 1. The lowest BCUT2D eigenvalue weighted by molar-refractivity contribution is 0.00357. The van der Waals surface area contributed by atoms with Gasteiger partial charge in [-0.25, -0.2) is 9.98 Å². The van der Waals surface area contributed by atoms with Gasteiger partial charge in [0, 0.05) is 31.0 Å². The highest BCUT2D eigenvalue weighted by Gasteiger charge is 2.30. The van der Waals surface area contributed by atoms with E-state index >= 15 is 0 Å². The third-order valence-corrected chi connectivity index (χ3v) is 4.66. The van der Waals surface area contributed by atoms with Gasteiger partial charge in [0.2, 0.25) is 0 Å². The Morgan fingerprint density at radius 3 is 3.10 bits per heavy atom. The molecule has 0 bridgehead atoms. The van der Waals surface area contributed by atoms with Crippen molar-refractivity contribution in [2.24, 2.45) is 15.9 Å². The lowest BCUT2D eigenvalue weighted by Crippen LogP contribution is -2.30. The normalized spacial score (nSPS) is 26.0. The van der Waals surface area contributed by atoms with Crippen LogP contribution in [0.5, 0.6) is 0 Å². The number of ether oxygens (including phenoxy) is 1. The molecule has 1 N–H and O–H groups in total. The minimum Gasteiger partial charge on any atom is -0.393 e. The van der Waals surface area contributed by atoms with Crippen LogP contribution >= 0.6 is 0 Å². The van der Waals surface area contributed by atoms with E-state index in [1.807, 2.05) is 12.3 Å². The SMILES string of the molecule is OC(CC1C=C2N=CN=C2n2cccc21)C1CCOCC1. The van der Waals surface area contributed by atoms with Crippen molar-refractivity contribution in [2.75, 3.05) is 13.2 Å². The molecule has 5 nitrogen and oxygen atoms in total. The van der Waals surface area contributed by atoms with Crippen molar-refractivity contribution in [1.29, 1.82) is 0 Å². The number of aliphatic hydroxyl groups excluding tert-OH is 1. The van der Waals surface area contributed by atoms with Crippen LogP contribution in [0, 0.1) is 5.92 Å². The summed E-state index contributed by atoms with van der Waals surface area (Å²) in [6.07, 6.45) is 8.11. The summed E-state index contributed by atoms with van der Waals surface area (Å²) >= 11 is 0. The first-order valence-electron chi connectivity index (χ1n) is 7.59. The summed E-state index contributed by atoms with van der Waals surface area (Å²) in [4.78, 5) is 8.63. The molecule has 0 radical (unpaired) electrons. The number of allylic oxidation sites excluding steroid dienone is 2. The summed E-state index contributed by atoms with van der Waals surface area (Å²) in [6.45, 7) is 1.54. The Balaban J connectivity index is 1.56. The zero-order valence-electron chi connectivity index (χ0n) is 11.9. The fraction of sp³-hybridized carbons (Fsp3) is 0.500. The van der Waals surface area contributed by atoms with Gasteiger partial charge in [0.25, 0.3) is 0 Å². The molecule has 5 heteroatoms. The van der Waals surface area contributed by atoms with E-state index in [0.717, 1.165) is 44.0 Å². The number of nitrogens with zero attached hydrogens (tertiary/aromatic N) is 3. The van der Waals surface area contributed by atoms with Gasteiger partial charge in [-0.1, -0.05) is 0 Å². The van der Waals surface area contributed by atoms with Crippen LogP contribution in [0.3, 0.4) is 0 Å². The first kappa shape index (κ1) is 13.0. The van der Waals surface area contributed by atoms with E-state index in [9.17, 15) is 5.11 Å². The van der Waals surface area contributed by atoms with E-state index in [2.05, 4.69) is 26.7 Å². The summed E-state index contributed by atoms with van der Waals surface area (Å²) in [5.74, 6) is 1.44. The molecule has 3 aliphatic heterocycles. The summed E-state index contributed by atoms with van der Waals surface area (Å²) in [5, 5.41) is 10.6. The van der Waals surface area contributed by atoms with Crippen LogP contribution in [-0.4, -0.2) is 41.2 Å². The maximum atomic E-state index is 10.6. The number of hydrogen-bond acceptors (Lipinski definition) is 4. The quantitative estimate of drug-likeness (QED) is 0.922. The zero-order chi connectivity index (χ0) is 14.2. The van der Waals surface area contributed by atoms with Crippen molar-refractivity contribution in [3.63, 3.8) is 0 Å². The molecular weight excluding hydrogens is 266 g/mol. The minimum absolute atomic E-state index is 0.196. The number of fused-ring (bicyclic) bond motifs is 3. The Bertz CT molecular complexity index is 623. The zero-order valence-corrected chi connectivity index (χ0v) is 11.9. The molecule has 1 saturated heterocycles. The number of hydrogen-bond donors (Lipinski definition) is 1. The monoisotopic (exact) mass is 285 g/mol. The van der Waals surface area contributed by atoms with Crippen LogP contribution in [0.15, 0.2) is 40.1 Å². The molecule has 0 saturated carbocycles. The molecule has 0 spiro atoms. The second-order valence-electron chi connectivity index (χ2n) is 5.91. The van der Waals surface area contributed by atoms with Crippen LogP contribution in [0.25, 0.3) is 0 Å². The molecule has 0 aliphatic carbocycles. The summed E-state index contributed by atoms with van der Waals surface area (Å²) < 4.78 is 7.47. The standard InChI is InChI=1S/C16H19N3O2/c20-15(11-3-6-21-7-4-11)9-12-8-13-16(18-10-17-13)19-5-1-2-14(12)19/h1-2,5,8,10-12,15,20H,3-4,6-7,9H2. The average molecular weight is 285 g/mol. The second-order valence-corrected chi connectivity index (χ2v) is 5.91. The van der Waals surface area contributed by atoms with Gasteiger partial charge in [0.15, 0.2) is 5.84 Å². The molecule has 1 aromatic heterocycles. The van der Waals surface area contributed by atoms with Gasteiger partial charge in [-0.15, -0.1) is 0 Å². The Hall–Kier alpha value is -1.72. The third kappa shape index (κ3) is 2.26. The predicted octanol–water partition coefficient (Wildman–Crippen LogP) is 1.94. The van der Waals surface area contributed by atoms with Crippen molar-refractivity contribution >= 4 is 12.2 Å². The van der Waals surface area contributed by atoms with Crippen LogP contribution in [0.2, 0.25) is 0 Å². The fourth-order valence-electron chi connectivity index (χ4n) is 3.48. The number of aliphatic imine (C=N–C) groups is 2. The Labute approximate surface area is 123 Å². The van der Waals surface area contributed by atoms with Gasteiger partial charge in [0.1, 0.15) is 12.0 Å². The number of aromatic nitrogens is 1. The highest BCUT2D eigenvalue weighted by Crippen LogP contribution is 2.34. The summed E-state index contributed by atoms with van der Waals surface area (Å²) in [6, 6.07) is 4.14. The average Bonchev–Trinajstić information content (AvgIpc) is 3.16. The van der Waals surface area contributed by atoms with Gasteiger partial charge in [0.05, 0.1) is 6.10 Å². The molecule has 1 fully saturated rings. The highest BCUT2D eigenvalue weighted by atomic mass is 16.5. The summed E-state index contributed by atoms with van der Waals surface area (Å²) in [7, 11) is 0. The van der Waals surface area contributed by atoms with E-state index in [1.54, 1.807) is 6.34 Å². The number of rotatable bonds is 3. The van der Waals surface area contributed by atoms with Crippen molar-refractivity contribution in [1.82, 2.24) is 4.57 Å². The van der Waals surface area contributed by atoms with Gasteiger partial charge >= 0.3 is 0 Å². The molecule has 110 valence electrons. The molecule has 1 aromatic rings. The maximum Gasteiger partial charge on any atom is 0.164 e. The van der Waals surface area contributed by atoms with Crippen LogP contribution in [0.1, 0.15) is 30.9 Å². The first-order valence-corrected chi connectivity index (χ1v) is 7.59. The summed E-state index contributed by atoms with van der Waals surface area (Å²) in [5.41, 5.74) is 2.11. The van der Waals surface area contributed by atoms with Crippen molar-refractivity contribution in [2.45, 2.75) is 31.3 Å². The Morgan fingerprint density at radius 2 is 2.24 bits per heavy atom. The molecular formula is C16H19N3O2. The van der Waals surface area contributed by atoms with Gasteiger partial charge in [-0.2, -0.15) is 0 Å². The van der Waals surface area contributed by atoms with Gasteiger partial charge in [-0.3, -0.25) is 0 Å². The lowest BCUT2D eigenvalue weighted by atomic mass is 9.85. The lowest BCUT2D eigenvalue weighted by Gasteiger charge is -2.30.